The maximum Gasteiger partial charge on any atom is 0.410 e. The summed E-state index contributed by atoms with van der Waals surface area (Å²) < 4.78 is 35.8. The highest BCUT2D eigenvalue weighted by atomic mass is 35.5. The number of benzene rings is 3. The summed E-state index contributed by atoms with van der Waals surface area (Å²) in [5.74, 6) is -0.472. The number of sulfonamides is 1. The van der Waals surface area contributed by atoms with E-state index in [1.807, 2.05) is 34.6 Å². The van der Waals surface area contributed by atoms with Crippen LogP contribution in [0.2, 0.25) is 10.0 Å². The third-order valence-electron chi connectivity index (χ3n) is 10.3. The fourth-order valence-corrected chi connectivity index (χ4v) is 9.56. The van der Waals surface area contributed by atoms with Gasteiger partial charge in [0.05, 0.1) is 10.6 Å². The van der Waals surface area contributed by atoms with Gasteiger partial charge in [-0.15, -0.1) is 0 Å². The minimum atomic E-state index is -4.47. The number of nitrogens with zero attached hydrogens (tertiary/aromatic N) is 4. The average Bonchev–Trinajstić information content (AvgIpc) is 3.65. The van der Waals surface area contributed by atoms with Crippen LogP contribution < -0.4 is 14.5 Å². The number of nitrogens with one attached hydrogen (secondary N) is 1. The summed E-state index contributed by atoms with van der Waals surface area (Å²) in [4.78, 5) is 46.0. The Kier molecular flexibility index (Phi) is 11.1. The fraction of sp³-hybridized carbons (Fsp3) is 0.462. The Morgan fingerprint density at radius 1 is 0.943 bits per heavy atom. The molecule has 3 aromatic carbocycles. The maximum absolute atomic E-state index is 15.1. The predicted molar refractivity (Wildman–Crippen MR) is 207 cm³/mol. The molecule has 3 aliphatic rings. The zero-order valence-electron chi connectivity index (χ0n) is 30.8. The van der Waals surface area contributed by atoms with Crippen LogP contribution in [0.15, 0.2) is 65.6 Å². The quantitative estimate of drug-likeness (QED) is 0.240. The Labute approximate surface area is 322 Å². The lowest BCUT2D eigenvalue weighted by Crippen LogP contribution is -2.53. The van der Waals surface area contributed by atoms with Gasteiger partial charge in [-0.1, -0.05) is 41.4 Å². The summed E-state index contributed by atoms with van der Waals surface area (Å²) in [6.07, 6.45) is 2.33. The fourth-order valence-electron chi connectivity index (χ4n) is 7.59. The smallest absolute Gasteiger partial charge is 0.410 e. The minimum Gasteiger partial charge on any atom is -0.444 e. The lowest BCUT2D eigenvalue weighted by molar-refractivity contribution is -0.121. The van der Waals surface area contributed by atoms with Crippen LogP contribution >= 0.6 is 23.2 Å². The molecule has 0 spiro atoms. The summed E-state index contributed by atoms with van der Waals surface area (Å²) in [7, 11) is -4.47. The van der Waals surface area contributed by atoms with Crippen molar-refractivity contribution >= 4 is 62.6 Å². The van der Waals surface area contributed by atoms with Crippen LogP contribution in [-0.2, 0) is 31.5 Å². The zero-order valence-corrected chi connectivity index (χ0v) is 33.2. The Balaban J connectivity index is 1.31. The number of carbonyl (C=O) groups excluding carboxylic acids is 3. The molecule has 1 atom stereocenters. The van der Waals surface area contributed by atoms with Gasteiger partial charge in [0.1, 0.15) is 5.60 Å². The standard InChI is InChI=1S/C39H47Cl2N5O6S/c1-6-43(7-2)36(48)45-23-19-27-24-29(13-15-33(27)45)53(50,51)46-34-14-12-28(40)25-31(34)39(35(46)47,30-10-8-9-11-32(30)41)42-20-16-26-17-21-44(22-18-26)37(49)52-38(3,4)5/h8-15,24-26,42H,6-7,16-23H2,1-5H3. The maximum atomic E-state index is 15.1. The number of amides is 4. The topological polar surface area (TPSA) is 120 Å². The zero-order chi connectivity index (χ0) is 38.3. The van der Waals surface area contributed by atoms with Crippen LogP contribution in [-0.4, -0.2) is 81.1 Å². The van der Waals surface area contributed by atoms with Gasteiger partial charge < -0.3 is 14.5 Å². The van der Waals surface area contributed by atoms with Crippen LogP contribution in [0.1, 0.15) is 70.6 Å². The predicted octanol–water partition coefficient (Wildman–Crippen LogP) is 7.42. The van der Waals surface area contributed by atoms with E-state index < -0.39 is 27.1 Å². The molecule has 1 unspecified atom stereocenters. The Hall–Kier alpha value is -3.84. The molecule has 0 aliphatic carbocycles. The molecule has 0 saturated carbocycles. The number of piperidine rings is 1. The van der Waals surface area contributed by atoms with Gasteiger partial charge in [-0.3, -0.25) is 15.0 Å². The number of anilines is 2. The van der Waals surface area contributed by atoms with Gasteiger partial charge in [0.15, 0.2) is 5.54 Å². The third-order valence-corrected chi connectivity index (χ3v) is 12.6. The summed E-state index contributed by atoms with van der Waals surface area (Å²) >= 11 is 13.4. The van der Waals surface area contributed by atoms with Crippen LogP contribution in [0.5, 0.6) is 0 Å². The monoisotopic (exact) mass is 783 g/mol. The Morgan fingerprint density at radius 2 is 1.62 bits per heavy atom. The summed E-state index contributed by atoms with van der Waals surface area (Å²) in [6.45, 7) is 12.4. The number of urea groups is 1. The normalized spacial score (nSPS) is 19.0. The van der Waals surface area contributed by atoms with E-state index in [0.29, 0.717) is 84.5 Å². The van der Waals surface area contributed by atoms with Gasteiger partial charge in [-0.05, 0) is 121 Å². The SMILES string of the molecule is CCN(CC)C(=O)N1CCc2cc(S(=O)(=O)N3C(=O)C(NCCC4CCN(C(=O)OC(C)(C)C)CC4)(c4ccccc4Cl)c4cc(Cl)ccc43)ccc21. The van der Waals surface area contributed by atoms with Gasteiger partial charge >= 0.3 is 12.1 Å². The van der Waals surface area contributed by atoms with Gasteiger partial charge in [-0.25, -0.2) is 22.3 Å². The van der Waals surface area contributed by atoms with Crippen LogP contribution in [0, 0.1) is 5.92 Å². The number of hydrogen-bond acceptors (Lipinski definition) is 7. The van der Waals surface area contributed by atoms with Gasteiger partial charge in [-0.2, -0.15) is 0 Å². The molecule has 11 nitrogen and oxygen atoms in total. The third kappa shape index (κ3) is 7.35. The summed E-state index contributed by atoms with van der Waals surface area (Å²) in [5, 5.41) is 4.10. The molecule has 1 fully saturated rings. The minimum absolute atomic E-state index is 0.0608. The van der Waals surface area contributed by atoms with E-state index >= 15 is 4.79 Å². The lowest BCUT2D eigenvalue weighted by Gasteiger charge is -2.35. The van der Waals surface area contributed by atoms with E-state index in [1.165, 1.54) is 6.07 Å². The first-order chi connectivity index (χ1) is 25.1. The number of likely N-dealkylation sites (tertiary alicyclic amines) is 1. The van der Waals surface area contributed by atoms with E-state index in [4.69, 9.17) is 27.9 Å². The first-order valence-corrected chi connectivity index (χ1v) is 20.4. The second-order valence-corrected chi connectivity index (χ2v) is 17.4. The summed E-state index contributed by atoms with van der Waals surface area (Å²) in [6, 6.07) is 16.2. The molecule has 1 N–H and O–H groups in total. The molecule has 4 amide bonds. The highest BCUT2D eigenvalue weighted by Gasteiger charge is 2.57. The highest BCUT2D eigenvalue weighted by molar-refractivity contribution is 7.93. The van der Waals surface area contributed by atoms with E-state index in [0.717, 1.165) is 17.1 Å². The lowest BCUT2D eigenvalue weighted by atomic mass is 9.83. The summed E-state index contributed by atoms with van der Waals surface area (Å²) in [5.41, 5.74) is 0.0821. The van der Waals surface area contributed by atoms with Crippen molar-refractivity contribution in [2.75, 3.05) is 48.5 Å². The van der Waals surface area contributed by atoms with E-state index in [1.54, 1.807) is 69.3 Å². The van der Waals surface area contributed by atoms with Gasteiger partial charge in [0, 0.05) is 59.6 Å². The molecular formula is C39H47Cl2N5O6S. The molecule has 6 rings (SSSR count). The van der Waals surface area contributed by atoms with Crippen molar-refractivity contribution in [2.24, 2.45) is 5.92 Å². The number of rotatable bonds is 9. The molecule has 1 saturated heterocycles. The first kappa shape index (κ1) is 38.9. The van der Waals surface area contributed by atoms with Crippen molar-refractivity contribution in [3.63, 3.8) is 0 Å². The first-order valence-electron chi connectivity index (χ1n) is 18.2. The average molecular weight is 785 g/mol. The molecule has 0 aromatic heterocycles. The second-order valence-electron chi connectivity index (χ2n) is 14.7. The van der Waals surface area contributed by atoms with Crippen LogP contribution in [0.25, 0.3) is 0 Å². The second kappa shape index (κ2) is 15.1. The van der Waals surface area contributed by atoms with Crippen molar-refractivity contribution in [1.29, 1.82) is 0 Å². The van der Waals surface area contributed by atoms with Crippen molar-refractivity contribution < 1.29 is 27.5 Å². The number of fused-ring (bicyclic) bond motifs is 2. The molecule has 3 heterocycles. The van der Waals surface area contributed by atoms with Crippen LogP contribution in [0.4, 0.5) is 21.0 Å². The van der Waals surface area contributed by atoms with Crippen molar-refractivity contribution in [3.8, 4) is 0 Å². The molecule has 0 bridgehead atoms. The Morgan fingerprint density at radius 3 is 2.28 bits per heavy atom. The van der Waals surface area contributed by atoms with Crippen LogP contribution in [0.3, 0.4) is 0 Å². The molecule has 284 valence electrons. The van der Waals surface area contributed by atoms with E-state index in [2.05, 4.69) is 5.32 Å². The molecular weight excluding hydrogens is 737 g/mol. The molecule has 53 heavy (non-hydrogen) atoms. The Bertz CT molecular complexity index is 2010. The van der Waals surface area contributed by atoms with Crippen molar-refractivity contribution in [3.05, 3.63) is 87.4 Å². The largest absolute Gasteiger partial charge is 0.444 e. The van der Waals surface area contributed by atoms with Gasteiger partial charge in [0.2, 0.25) is 0 Å². The van der Waals surface area contributed by atoms with Gasteiger partial charge in [0.25, 0.3) is 15.9 Å². The number of hydrogen-bond donors (Lipinski definition) is 1. The molecule has 14 heteroatoms. The number of ether oxygens (including phenoxy) is 1. The highest BCUT2D eigenvalue weighted by Crippen LogP contribution is 2.49. The molecule has 3 aromatic rings. The van der Waals surface area contributed by atoms with E-state index in [-0.39, 0.29) is 28.6 Å². The molecule has 3 aliphatic heterocycles. The van der Waals surface area contributed by atoms with Crippen molar-refractivity contribution in [2.45, 2.75) is 76.3 Å². The number of halogens is 2. The van der Waals surface area contributed by atoms with Crippen molar-refractivity contribution in [1.82, 2.24) is 15.1 Å². The number of carbonyl (C=O) groups is 3. The molecule has 0 radical (unpaired) electrons. The van der Waals surface area contributed by atoms with E-state index in [9.17, 15) is 18.0 Å².